The van der Waals surface area contributed by atoms with E-state index in [0.29, 0.717) is 30.3 Å². The van der Waals surface area contributed by atoms with Crippen LogP contribution in [0.2, 0.25) is 0 Å². The molecule has 2 aromatic heterocycles. The minimum Gasteiger partial charge on any atom is -0.486 e. The topological polar surface area (TPSA) is 84.5 Å². The Morgan fingerprint density at radius 1 is 1.22 bits per heavy atom. The average Bonchev–Trinajstić information content (AvgIpc) is 2.98. The molecule has 0 radical (unpaired) electrons. The van der Waals surface area contributed by atoms with Crippen LogP contribution < -0.4 is 14.8 Å². The molecule has 0 saturated carbocycles. The fourth-order valence-corrected chi connectivity index (χ4v) is 2.64. The van der Waals surface area contributed by atoms with Crippen molar-refractivity contribution in [1.82, 2.24) is 14.4 Å². The number of nitrogens with zero attached hydrogens (tertiary/aromatic N) is 4. The van der Waals surface area contributed by atoms with Gasteiger partial charge in [0.2, 0.25) is 0 Å². The fourth-order valence-electron chi connectivity index (χ4n) is 2.64. The molecular weight excluding hydrogens is 294 g/mol. The Bertz CT molecular complexity index is 942. The number of rotatable bonds is 2. The van der Waals surface area contributed by atoms with Crippen LogP contribution in [0.15, 0.2) is 30.6 Å². The van der Waals surface area contributed by atoms with E-state index in [1.165, 1.54) is 0 Å². The second-order valence-electron chi connectivity index (χ2n) is 5.03. The summed E-state index contributed by atoms with van der Waals surface area (Å²) in [5.41, 5.74) is 2.66. The third-order valence-electron chi connectivity index (χ3n) is 3.68. The van der Waals surface area contributed by atoms with E-state index in [1.54, 1.807) is 12.4 Å². The van der Waals surface area contributed by atoms with E-state index in [1.807, 2.05) is 35.7 Å². The summed E-state index contributed by atoms with van der Waals surface area (Å²) < 4.78 is 13.0. The van der Waals surface area contributed by atoms with Crippen LogP contribution in [0.25, 0.3) is 16.9 Å². The van der Waals surface area contributed by atoms with Gasteiger partial charge in [-0.25, -0.2) is 9.97 Å². The maximum absolute atomic E-state index is 8.98. The van der Waals surface area contributed by atoms with Crippen LogP contribution in [0.4, 0.5) is 5.82 Å². The van der Waals surface area contributed by atoms with Gasteiger partial charge < -0.3 is 14.8 Å². The molecule has 1 aliphatic heterocycles. The van der Waals surface area contributed by atoms with Crippen molar-refractivity contribution in [2.75, 3.05) is 25.6 Å². The normalized spacial score (nSPS) is 12.9. The number of nitriles is 1. The molecule has 0 aliphatic carbocycles. The van der Waals surface area contributed by atoms with Crippen LogP contribution >= 0.6 is 0 Å². The second-order valence-corrected chi connectivity index (χ2v) is 5.03. The lowest BCUT2D eigenvalue weighted by Crippen LogP contribution is -2.15. The highest BCUT2D eigenvalue weighted by atomic mass is 16.6. The lowest BCUT2D eigenvalue weighted by molar-refractivity contribution is 0.171. The van der Waals surface area contributed by atoms with E-state index >= 15 is 0 Å². The summed E-state index contributed by atoms with van der Waals surface area (Å²) >= 11 is 0. The maximum atomic E-state index is 8.98. The number of imidazole rings is 1. The monoisotopic (exact) mass is 307 g/mol. The van der Waals surface area contributed by atoms with E-state index in [9.17, 15) is 0 Å². The summed E-state index contributed by atoms with van der Waals surface area (Å²) in [6.45, 7) is 1.10. The SMILES string of the molecule is CNc1c(-c2ccc3c(c2)OCCO3)nc2cc(C#N)ncn12. The van der Waals surface area contributed by atoms with Gasteiger partial charge in [0.1, 0.15) is 48.5 Å². The Kier molecular flexibility index (Phi) is 3.01. The number of nitrogens with one attached hydrogen (secondary N) is 1. The van der Waals surface area contributed by atoms with Crippen LogP contribution in [-0.4, -0.2) is 34.6 Å². The van der Waals surface area contributed by atoms with Gasteiger partial charge in [0.15, 0.2) is 11.5 Å². The molecule has 7 heteroatoms. The lowest BCUT2D eigenvalue weighted by Gasteiger charge is -2.18. The van der Waals surface area contributed by atoms with Gasteiger partial charge in [0.05, 0.1) is 0 Å². The van der Waals surface area contributed by atoms with E-state index in [0.717, 1.165) is 22.8 Å². The second kappa shape index (κ2) is 5.18. The molecule has 4 rings (SSSR count). The van der Waals surface area contributed by atoms with Gasteiger partial charge in [-0.15, -0.1) is 0 Å². The molecule has 7 nitrogen and oxygen atoms in total. The summed E-state index contributed by atoms with van der Waals surface area (Å²) in [6.07, 6.45) is 1.59. The van der Waals surface area contributed by atoms with E-state index < -0.39 is 0 Å². The highest BCUT2D eigenvalue weighted by Gasteiger charge is 2.17. The van der Waals surface area contributed by atoms with E-state index in [2.05, 4.69) is 15.3 Å². The predicted octanol–water partition coefficient (Wildman–Crippen LogP) is 2.08. The van der Waals surface area contributed by atoms with Gasteiger partial charge in [0, 0.05) is 18.7 Å². The minimum atomic E-state index is 0.332. The molecule has 3 aromatic rings. The minimum absolute atomic E-state index is 0.332. The summed E-state index contributed by atoms with van der Waals surface area (Å²) in [4.78, 5) is 8.71. The van der Waals surface area contributed by atoms with Gasteiger partial charge in [-0.2, -0.15) is 5.26 Å². The largest absolute Gasteiger partial charge is 0.486 e. The summed E-state index contributed by atoms with van der Waals surface area (Å²) in [5.74, 6) is 2.25. The highest BCUT2D eigenvalue weighted by Crippen LogP contribution is 2.36. The van der Waals surface area contributed by atoms with E-state index in [4.69, 9.17) is 14.7 Å². The first kappa shape index (κ1) is 13.4. The van der Waals surface area contributed by atoms with E-state index in [-0.39, 0.29) is 0 Å². The zero-order valence-electron chi connectivity index (χ0n) is 12.4. The van der Waals surface area contributed by atoms with Crippen molar-refractivity contribution in [1.29, 1.82) is 5.26 Å². The Labute approximate surface area is 132 Å². The van der Waals surface area contributed by atoms with Crippen molar-refractivity contribution in [2.24, 2.45) is 0 Å². The molecule has 1 aliphatic rings. The first-order valence-electron chi connectivity index (χ1n) is 7.16. The number of ether oxygens (including phenoxy) is 2. The lowest BCUT2D eigenvalue weighted by atomic mass is 10.1. The molecule has 114 valence electrons. The molecule has 1 N–H and O–H groups in total. The standard InChI is InChI=1S/C16H13N5O2/c1-18-16-15(20-14-7-11(8-17)19-9-21(14)16)10-2-3-12-13(6-10)23-5-4-22-12/h2-3,6-7,9,18H,4-5H2,1H3. The zero-order chi connectivity index (χ0) is 15.8. The Balaban J connectivity index is 1.89. The molecular formula is C16H13N5O2. The number of anilines is 1. The smallest absolute Gasteiger partial charge is 0.162 e. The van der Waals surface area contributed by atoms with Gasteiger partial charge in [-0.3, -0.25) is 4.40 Å². The Morgan fingerprint density at radius 3 is 2.83 bits per heavy atom. The number of hydrogen-bond donors (Lipinski definition) is 1. The number of fused-ring (bicyclic) bond motifs is 2. The maximum Gasteiger partial charge on any atom is 0.162 e. The van der Waals surface area contributed by atoms with Crippen molar-refractivity contribution < 1.29 is 9.47 Å². The number of hydrogen-bond acceptors (Lipinski definition) is 6. The molecule has 23 heavy (non-hydrogen) atoms. The first-order valence-corrected chi connectivity index (χ1v) is 7.16. The van der Waals surface area contributed by atoms with Gasteiger partial charge in [-0.1, -0.05) is 0 Å². The van der Waals surface area contributed by atoms with Crippen molar-refractivity contribution >= 4 is 11.5 Å². The quantitative estimate of drug-likeness (QED) is 0.780. The molecule has 0 bridgehead atoms. The van der Waals surface area contributed by atoms with Gasteiger partial charge in [0.25, 0.3) is 0 Å². The van der Waals surface area contributed by atoms with Crippen molar-refractivity contribution in [3.63, 3.8) is 0 Å². The summed E-state index contributed by atoms with van der Waals surface area (Å²) in [5, 5.41) is 12.1. The first-order chi connectivity index (χ1) is 11.3. The molecule has 0 atom stereocenters. The van der Waals surface area contributed by atoms with Crippen LogP contribution in [0.1, 0.15) is 5.69 Å². The van der Waals surface area contributed by atoms with Crippen LogP contribution in [0.5, 0.6) is 11.5 Å². The van der Waals surface area contributed by atoms with Crippen molar-refractivity contribution in [2.45, 2.75) is 0 Å². The van der Waals surface area contributed by atoms with Crippen molar-refractivity contribution in [3.05, 3.63) is 36.3 Å². The van der Waals surface area contributed by atoms with Crippen LogP contribution in [0.3, 0.4) is 0 Å². The van der Waals surface area contributed by atoms with Gasteiger partial charge >= 0.3 is 0 Å². The molecule has 0 fully saturated rings. The number of benzene rings is 1. The molecule has 0 unspecified atom stereocenters. The third-order valence-corrected chi connectivity index (χ3v) is 3.68. The molecule has 3 heterocycles. The number of aromatic nitrogens is 3. The van der Waals surface area contributed by atoms with Crippen LogP contribution in [0, 0.1) is 11.3 Å². The third kappa shape index (κ3) is 2.12. The predicted molar refractivity (Wildman–Crippen MR) is 83.7 cm³/mol. The Hall–Kier alpha value is -3.27. The fraction of sp³-hybridized carbons (Fsp3) is 0.188. The molecule has 0 spiro atoms. The molecule has 1 aromatic carbocycles. The average molecular weight is 307 g/mol. The Morgan fingerprint density at radius 2 is 2.04 bits per heavy atom. The molecule has 0 amide bonds. The van der Waals surface area contributed by atoms with Crippen LogP contribution in [-0.2, 0) is 0 Å². The highest BCUT2D eigenvalue weighted by molar-refractivity contribution is 5.78. The van der Waals surface area contributed by atoms with Gasteiger partial charge in [-0.05, 0) is 18.2 Å². The zero-order valence-corrected chi connectivity index (χ0v) is 12.4. The van der Waals surface area contributed by atoms with Crippen molar-refractivity contribution in [3.8, 4) is 28.8 Å². The molecule has 0 saturated heterocycles. The summed E-state index contributed by atoms with van der Waals surface area (Å²) in [6, 6.07) is 9.41. The summed E-state index contributed by atoms with van der Waals surface area (Å²) in [7, 11) is 1.82.